The third-order valence-electron chi connectivity index (χ3n) is 6.26. The molecule has 0 unspecified atom stereocenters. The van der Waals surface area contributed by atoms with Gasteiger partial charge in [-0.15, -0.1) is 0 Å². The summed E-state index contributed by atoms with van der Waals surface area (Å²) in [5.41, 5.74) is 1.94. The maximum Gasteiger partial charge on any atom is 0.339 e. The molecule has 0 aliphatic carbocycles. The third kappa shape index (κ3) is 8.55. The first-order valence-electron chi connectivity index (χ1n) is 13.6. The highest BCUT2D eigenvalue weighted by Gasteiger charge is 2.22. The molecule has 0 bridgehead atoms. The van der Waals surface area contributed by atoms with Crippen LogP contribution in [-0.2, 0) is 24.9 Å². The molecule has 13 heteroatoms. The summed E-state index contributed by atoms with van der Waals surface area (Å²) < 4.78 is 75.6. The topological polar surface area (TPSA) is 146 Å². The number of hydrogen-bond donors (Lipinski definition) is 2. The van der Waals surface area contributed by atoms with Crippen molar-refractivity contribution in [1.82, 2.24) is 0 Å². The molecule has 11 nitrogen and oxygen atoms in total. The summed E-state index contributed by atoms with van der Waals surface area (Å²) in [7, 11) is -5.49. The van der Waals surface area contributed by atoms with Crippen LogP contribution in [0.25, 0.3) is 6.08 Å². The van der Waals surface area contributed by atoms with Gasteiger partial charge in [0.1, 0.15) is 21.3 Å². The average Bonchev–Trinajstić information content (AvgIpc) is 3.01. The summed E-state index contributed by atoms with van der Waals surface area (Å²) in [6.45, 7) is 4.17. The van der Waals surface area contributed by atoms with Crippen molar-refractivity contribution < 1.29 is 40.0 Å². The fourth-order valence-electron chi connectivity index (χ4n) is 4.04. The number of anilines is 2. The van der Waals surface area contributed by atoms with Crippen molar-refractivity contribution in [2.75, 3.05) is 30.9 Å². The van der Waals surface area contributed by atoms with Crippen LogP contribution in [0.3, 0.4) is 0 Å². The summed E-state index contributed by atoms with van der Waals surface area (Å²) in [6.07, 6.45) is 2.71. The van der Waals surface area contributed by atoms with E-state index in [-0.39, 0.29) is 32.7 Å². The molecule has 0 saturated heterocycles. The van der Waals surface area contributed by atoms with Crippen LogP contribution in [-0.4, -0.2) is 43.6 Å². The van der Waals surface area contributed by atoms with Gasteiger partial charge in [-0.25, -0.2) is 8.42 Å². The number of hydrogen-bond acceptors (Lipinski definition) is 9. The first kappa shape index (κ1) is 32.9. The van der Waals surface area contributed by atoms with E-state index in [0.717, 1.165) is 5.56 Å². The molecule has 0 atom stereocenters. The lowest BCUT2D eigenvalue weighted by Crippen LogP contribution is -2.15. The molecular formula is C32H32N2O9S2. The number of ether oxygens (including phenoxy) is 3. The van der Waals surface area contributed by atoms with Gasteiger partial charge in [-0.3, -0.25) is 9.52 Å². The standard InChI is InChI=1S/C32H32N2O9S2/c1-5-42-26-13-10-24(11-14-26)34-44(36,37)31-21-25(12-18-29(31)40-3)33-32(35)19-9-23-8-17-28(30(20-23)41-4)43-45(38,39)27-15-6-22(2)7-16-27/h6-21,34H,5H2,1-4H3,(H,33,35)/b19-9+. The van der Waals surface area contributed by atoms with Gasteiger partial charge < -0.3 is 23.7 Å². The van der Waals surface area contributed by atoms with E-state index in [4.69, 9.17) is 18.4 Å². The smallest absolute Gasteiger partial charge is 0.339 e. The summed E-state index contributed by atoms with van der Waals surface area (Å²) >= 11 is 0. The molecule has 0 aliphatic heterocycles. The number of rotatable bonds is 13. The van der Waals surface area contributed by atoms with Crippen LogP contribution in [0.1, 0.15) is 18.1 Å². The molecule has 2 N–H and O–H groups in total. The molecule has 0 aromatic heterocycles. The average molecular weight is 653 g/mol. The van der Waals surface area contributed by atoms with Gasteiger partial charge in [-0.2, -0.15) is 8.42 Å². The largest absolute Gasteiger partial charge is 0.495 e. The zero-order valence-electron chi connectivity index (χ0n) is 24.9. The zero-order chi connectivity index (χ0) is 32.6. The lowest BCUT2D eigenvalue weighted by Gasteiger charge is -2.14. The van der Waals surface area contributed by atoms with Gasteiger partial charge in [-0.1, -0.05) is 23.8 Å². The Hall–Kier alpha value is -5.01. The number of carbonyl (C=O) groups excluding carboxylic acids is 1. The van der Waals surface area contributed by atoms with Crippen LogP contribution in [0.15, 0.2) is 101 Å². The lowest BCUT2D eigenvalue weighted by atomic mass is 10.2. The second-order valence-electron chi connectivity index (χ2n) is 9.51. The van der Waals surface area contributed by atoms with Crippen molar-refractivity contribution in [2.24, 2.45) is 0 Å². The van der Waals surface area contributed by atoms with Gasteiger partial charge in [0.05, 0.1) is 20.8 Å². The SMILES string of the molecule is CCOc1ccc(NS(=O)(=O)c2cc(NC(=O)/C=C/c3ccc(OS(=O)(=O)c4ccc(C)cc4)c(OC)c3)ccc2OC)cc1. The minimum atomic E-state index is -4.10. The van der Waals surface area contributed by atoms with Crippen molar-refractivity contribution in [3.63, 3.8) is 0 Å². The summed E-state index contributed by atoms with van der Waals surface area (Å²) in [4.78, 5) is 12.5. The monoisotopic (exact) mass is 652 g/mol. The van der Waals surface area contributed by atoms with E-state index in [0.29, 0.717) is 23.6 Å². The maximum atomic E-state index is 13.2. The Bertz CT molecular complexity index is 1910. The zero-order valence-corrected chi connectivity index (χ0v) is 26.6. The molecule has 0 aliphatic rings. The number of aryl methyl sites for hydroxylation is 1. The first-order chi connectivity index (χ1) is 21.4. The van der Waals surface area contributed by atoms with Crippen molar-refractivity contribution >= 4 is 43.5 Å². The van der Waals surface area contributed by atoms with Crippen molar-refractivity contribution in [1.29, 1.82) is 0 Å². The molecule has 0 radical (unpaired) electrons. The summed E-state index contributed by atoms with van der Waals surface area (Å²) in [6, 6.07) is 21.4. The van der Waals surface area contributed by atoms with E-state index in [1.807, 2.05) is 13.8 Å². The molecule has 0 saturated carbocycles. The van der Waals surface area contributed by atoms with Crippen LogP contribution in [0.4, 0.5) is 11.4 Å². The van der Waals surface area contributed by atoms with Crippen molar-refractivity contribution in [3.05, 3.63) is 102 Å². The van der Waals surface area contributed by atoms with Gasteiger partial charge >= 0.3 is 10.1 Å². The second-order valence-corrected chi connectivity index (χ2v) is 12.7. The Kier molecular flexibility index (Phi) is 10.4. The quantitative estimate of drug-likeness (QED) is 0.139. The van der Waals surface area contributed by atoms with Gasteiger partial charge in [0.2, 0.25) is 5.91 Å². The number of amides is 1. The van der Waals surface area contributed by atoms with Crippen LogP contribution in [0, 0.1) is 6.92 Å². The molecule has 4 aromatic rings. The molecule has 4 aromatic carbocycles. The van der Waals surface area contributed by atoms with Crippen LogP contribution in [0.2, 0.25) is 0 Å². The van der Waals surface area contributed by atoms with E-state index >= 15 is 0 Å². The van der Waals surface area contributed by atoms with Crippen molar-refractivity contribution in [3.8, 4) is 23.0 Å². The molecule has 0 heterocycles. The highest BCUT2D eigenvalue weighted by molar-refractivity contribution is 7.92. The van der Waals surface area contributed by atoms with E-state index < -0.39 is 26.0 Å². The molecule has 45 heavy (non-hydrogen) atoms. The molecule has 0 spiro atoms. The predicted molar refractivity (Wildman–Crippen MR) is 171 cm³/mol. The number of nitrogens with one attached hydrogen (secondary N) is 2. The van der Waals surface area contributed by atoms with Crippen LogP contribution in [0.5, 0.6) is 23.0 Å². The predicted octanol–water partition coefficient (Wildman–Crippen LogP) is 5.63. The van der Waals surface area contributed by atoms with Crippen molar-refractivity contribution in [2.45, 2.75) is 23.6 Å². The normalized spacial score (nSPS) is 11.6. The van der Waals surface area contributed by atoms with E-state index in [9.17, 15) is 21.6 Å². The number of carbonyl (C=O) groups is 1. The highest BCUT2D eigenvalue weighted by Crippen LogP contribution is 2.32. The Morgan fingerprint density at radius 2 is 1.42 bits per heavy atom. The minimum Gasteiger partial charge on any atom is -0.495 e. The molecule has 236 valence electrons. The Balaban J connectivity index is 1.47. The Morgan fingerprint density at radius 1 is 0.778 bits per heavy atom. The van der Waals surface area contributed by atoms with Crippen LogP contribution < -0.4 is 28.4 Å². The Labute approximate surface area is 262 Å². The molecule has 0 fully saturated rings. The van der Waals surface area contributed by atoms with Gasteiger partial charge in [-0.05, 0) is 92.2 Å². The first-order valence-corrected chi connectivity index (χ1v) is 16.4. The summed E-state index contributed by atoms with van der Waals surface area (Å²) in [5.74, 6) is 0.248. The second kappa shape index (κ2) is 14.2. The molecule has 4 rings (SSSR count). The van der Waals surface area contributed by atoms with Gasteiger partial charge in [0.15, 0.2) is 11.5 Å². The fourth-order valence-corrected chi connectivity index (χ4v) is 6.24. The van der Waals surface area contributed by atoms with E-state index in [2.05, 4.69) is 10.0 Å². The van der Waals surface area contributed by atoms with Crippen LogP contribution >= 0.6 is 0 Å². The Morgan fingerprint density at radius 3 is 2.07 bits per heavy atom. The third-order valence-corrected chi connectivity index (χ3v) is 8.91. The number of benzene rings is 4. The maximum absolute atomic E-state index is 13.2. The van der Waals surface area contributed by atoms with E-state index in [1.165, 1.54) is 68.8 Å². The molecule has 1 amide bonds. The minimum absolute atomic E-state index is 0.00256. The number of sulfonamides is 1. The highest BCUT2D eigenvalue weighted by atomic mass is 32.2. The summed E-state index contributed by atoms with van der Waals surface area (Å²) in [5, 5.41) is 2.63. The van der Waals surface area contributed by atoms with Gasteiger partial charge in [0.25, 0.3) is 10.0 Å². The number of methoxy groups -OCH3 is 2. The molecular weight excluding hydrogens is 620 g/mol. The lowest BCUT2D eigenvalue weighted by molar-refractivity contribution is -0.111. The van der Waals surface area contributed by atoms with Gasteiger partial charge in [0, 0.05) is 17.5 Å². The van der Waals surface area contributed by atoms with E-state index in [1.54, 1.807) is 42.5 Å². The fraction of sp³-hybridized carbons (Fsp3) is 0.156.